The van der Waals surface area contributed by atoms with E-state index in [4.69, 9.17) is 9.47 Å². The molecule has 0 bridgehead atoms. The van der Waals surface area contributed by atoms with E-state index < -0.39 is 24.0 Å². The molecule has 0 saturated carbocycles. The summed E-state index contributed by atoms with van der Waals surface area (Å²) in [5.41, 5.74) is 0.425. The second kappa shape index (κ2) is 11.3. The van der Waals surface area contributed by atoms with E-state index in [0.29, 0.717) is 24.2 Å². The van der Waals surface area contributed by atoms with Gasteiger partial charge in [-0.2, -0.15) is 0 Å². The van der Waals surface area contributed by atoms with Gasteiger partial charge < -0.3 is 20.1 Å². The first-order valence-electron chi connectivity index (χ1n) is 9.51. The number of esters is 1. The first kappa shape index (κ1) is 23.5. The molecule has 0 heterocycles. The van der Waals surface area contributed by atoms with Crippen LogP contribution in [0.2, 0.25) is 0 Å². The van der Waals surface area contributed by atoms with Crippen LogP contribution in [0.5, 0.6) is 5.75 Å². The van der Waals surface area contributed by atoms with Gasteiger partial charge in [0.1, 0.15) is 17.8 Å². The van der Waals surface area contributed by atoms with Gasteiger partial charge in [-0.15, -0.1) is 0 Å². The Morgan fingerprint density at radius 1 is 0.857 bits per heavy atom. The van der Waals surface area contributed by atoms with Crippen molar-refractivity contribution in [1.82, 2.24) is 10.6 Å². The van der Waals surface area contributed by atoms with Crippen molar-refractivity contribution >= 4 is 17.8 Å². The molecule has 1 aromatic rings. The highest BCUT2D eigenvalue weighted by Crippen LogP contribution is 2.13. The van der Waals surface area contributed by atoms with Crippen LogP contribution >= 0.6 is 0 Å². The Kier molecular flexibility index (Phi) is 9.48. The van der Waals surface area contributed by atoms with Crippen LogP contribution in [-0.2, 0) is 14.3 Å². The molecule has 7 heteroatoms. The molecule has 0 aliphatic rings. The summed E-state index contributed by atoms with van der Waals surface area (Å²) in [7, 11) is 2.84. The minimum Gasteiger partial charge on any atom is -0.497 e. The summed E-state index contributed by atoms with van der Waals surface area (Å²) >= 11 is 0. The smallest absolute Gasteiger partial charge is 0.328 e. The summed E-state index contributed by atoms with van der Waals surface area (Å²) < 4.78 is 9.88. The van der Waals surface area contributed by atoms with E-state index in [1.54, 1.807) is 31.4 Å². The molecule has 0 aliphatic carbocycles. The molecule has 0 radical (unpaired) electrons. The van der Waals surface area contributed by atoms with Gasteiger partial charge in [-0.3, -0.25) is 9.59 Å². The van der Waals surface area contributed by atoms with Crippen LogP contribution in [0.1, 0.15) is 50.9 Å². The fourth-order valence-corrected chi connectivity index (χ4v) is 2.79. The molecule has 0 aliphatic heterocycles. The van der Waals surface area contributed by atoms with Gasteiger partial charge in [0.2, 0.25) is 5.91 Å². The minimum atomic E-state index is -0.756. The third-order valence-corrected chi connectivity index (χ3v) is 4.19. The summed E-state index contributed by atoms with van der Waals surface area (Å²) in [6.07, 6.45) is 0.905. The highest BCUT2D eigenvalue weighted by Gasteiger charge is 2.28. The molecule has 1 rings (SSSR count). The summed E-state index contributed by atoms with van der Waals surface area (Å²) in [4.78, 5) is 37.4. The van der Waals surface area contributed by atoms with Crippen molar-refractivity contribution in [2.45, 2.75) is 52.6 Å². The predicted molar refractivity (Wildman–Crippen MR) is 107 cm³/mol. The first-order chi connectivity index (χ1) is 13.2. The summed E-state index contributed by atoms with van der Waals surface area (Å²) in [6.45, 7) is 7.84. The second-order valence-corrected chi connectivity index (χ2v) is 7.60. The summed E-state index contributed by atoms with van der Waals surface area (Å²) in [5.74, 6) is -0.238. The summed E-state index contributed by atoms with van der Waals surface area (Å²) in [6, 6.07) is 5.13. The molecule has 1 aromatic carbocycles. The van der Waals surface area contributed by atoms with Crippen LogP contribution in [0.25, 0.3) is 0 Å². The van der Waals surface area contributed by atoms with Crippen LogP contribution in [0, 0.1) is 11.8 Å². The quantitative estimate of drug-likeness (QED) is 0.597. The Bertz CT molecular complexity index is 655. The normalized spacial score (nSPS) is 13.0. The molecule has 0 fully saturated rings. The molecular formula is C21H32N2O5. The lowest BCUT2D eigenvalue weighted by molar-refractivity contribution is -0.145. The van der Waals surface area contributed by atoms with Gasteiger partial charge in [0.25, 0.3) is 5.91 Å². The maximum atomic E-state index is 12.8. The fraction of sp³-hybridized carbons (Fsp3) is 0.571. The van der Waals surface area contributed by atoms with Gasteiger partial charge in [0.05, 0.1) is 14.2 Å². The zero-order valence-corrected chi connectivity index (χ0v) is 17.6. The Morgan fingerprint density at radius 2 is 1.39 bits per heavy atom. The Morgan fingerprint density at radius 3 is 1.86 bits per heavy atom. The maximum absolute atomic E-state index is 12.8. The van der Waals surface area contributed by atoms with Crippen LogP contribution in [0.15, 0.2) is 24.3 Å². The molecule has 2 N–H and O–H groups in total. The lowest BCUT2D eigenvalue weighted by Gasteiger charge is -2.24. The van der Waals surface area contributed by atoms with E-state index in [1.807, 2.05) is 27.7 Å². The van der Waals surface area contributed by atoms with E-state index in [0.717, 1.165) is 0 Å². The third kappa shape index (κ3) is 7.58. The van der Waals surface area contributed by atoms with Crippen molar-refractivity contribution in [1.29, 1.82) is 0 Å². The average molecular weight is 392 g/mol. The second-order valence-electron chi connectivity index (χ2n) is 7.60. The molecule has 2 amide bonds. The van der Waals surface area contributed by atoms with Crippen LogP contribution < -0.4 is 15.4 Å². The molecule has 0 saturated heterocycles. The third-order valence-electron chi connectivity index (χ3n) is 4.19. The lowest BCUT2D eigenvalue weighted by Crippen LogP contribution is -2.52. The van der Waals surface area contributed by atoms with Gasteiger partial charge in [0, 0.05) is 5.56 Å². The number of ether oxygens (including phenoxy) is 2. The highest BCUT2D eigenvalue weighted by atomic mass is 16.5. The average Bonchev–Trinajstić information content (AvgIpc) is 2.65. The zero-order valence-electron chi connectivity index (χ0n) is 17.6. The van der Waals surface area contributed by atoms with Crippen LogP contribution in [-0.4, -0.2) is 44.1 Å². The number of benzene rings is 1. The number of hydrogen-bond acceptors (Lipinski definition) is 5. The molecule has 7 nitrogen and oxygen atoms in total. The summed E-state index contributed by atoms with van der Waals surface area (Å²) in [5, 5.41) is 5.50. The number of methoxy groups -OCH3 is 2. The van der Waals surface area contributed by atoms with Crippen molar-refractivity contribution in [3.63, 3.8) is 0 Å². The van der Waals surface area contributed by atoms with E-state index >= 15 is 0 Å². The monoisotopic (exact) mass is 392 g/mol. The van der Waals surface area contributed by atoms with Crippen LogP contribution in [0.3, 0.4) is 0 Å². The van der Waals surface area contributed by atoms with Gasteiger partial charge >= 0.3 is 5.97 Å². The van der Waals surface area contributed by atoms with Gasteiger partial charge in [-0.25, -0.2) is 4.79 Å². The first-order valence-corrected chi connectivity index (χ1v) is 9.51. The Balaban J connectivity index is 2.90. The molecule has 0 aromatic heterocycles. The number of carbonyl (C=O) groups excluding carboxylic acids is 3. The predicted octanol–water partition coefficient (Wildman–Crippen LogP) is 2.54. The number of amides is 2. The van der Waals surface area contributed by atoms with E-state index in [1.165, 1.54) is 7.11 Å². The number of carbonyl (C=O) groups is 3. The topological polar surface area (TPSA) is 93.7 Å². The maximum Gasteiger partial charge on any atom is 0.328 e. The SMILES string of the molecule is COC(=O)[C@@H](CC(C)C)NC(=O)[C@H](CC(C)C)NC(=O)c1ccc(OC)cc1. The Hall–Kier alpha value is -2.57. The van der Waals surface area contributed by atoms with Crippen LogP contribution in [0.4, 0.5) is 0 Å². The molecule has 0 spiro atoms. The van der Waals surface area contributed by atoms with Gasteiger partial charge in [0.15, 0.2) is 0 Å². The van der Waals surface area contributed by atoms with Crippen molar-refractivity contribution in [3.05, 3.63) is 29.8 Å². The molecular weight excluding hydrogens is 360 g/mol. The number of hydrogen-bond donors (Lipinski definition) is 2. The van der Waals surface area contributed by atoms with E-state index in [-0.39, 0.29) is 17.7 Å². The highest BCUT2D eigenvalue weighted by molar-refractivity contribution is 5.98. The van der Waals surface area contributed by atoms with Crippen molar-refractivity contribution in [3.8, 4) is 5.75 Å². The molecule has 156 valence electrons. The standard InChI is InChI=1S/C21H32N2O5/c1-13(2)11-17(20(25)23-18(12-14(3)4)21(26)28-6)22-19(24)15-7-9-16(27-5)10-8-15/h7-10,13-14,17-18H,11-12H2,1-6H3,(H,22,24)(H,23,25)/t17-,18+/m0/s1. The van der Waals surface area contributed by atoms with Crippen molar-refractivity contribution < 1.29 is 23.9 Å². The van der Waals surface area contributed by atoms with Gasteiger partial charge in [-0.1, -0.05) is 27.7 Å². The number of rotatable bonds is 10. The van der Waals surface area contributed by atoms with E-state index in [2.05, 4.69) is 10.6 Å². The molecule has 0 unspecified atom stereocenters. The molecule has 28 heavy (non-hydrogen) atoms. The van der Waals surface area contributed by atoms with Crippen molar-refractivity contribution in [2.75, 3.05) is 14.2 Å². The van der Waals surface area contributed by atoms with E-state index in [9.17, 15) is 14.4 Å². The zero-order chi connectivity index (χ0) is 21.3. The Labute approximate surface area is 167 Å². The molecule has 2 atom stereocenters. The largest absolute Gasteiger partial charge is 0.497 e. The van der Waals surface area contributed by atoms with Crippen molar-refractivity contribution in [2.24, 2.45) is 11.8 Å². The number of nitrogens with one attached hydrogen (secondary N) is 2. The van der Waals surface area contributed by atoms with Gasteiger partial charge in [-0.05, 0) is 48.9 Å². The fourth-order valence-electron chi connectivity index (χ4n) is 2.79. The lowest BCUT2D eigenvalue weighted by atomic mass is 10.00. The minimum absolute atomic E-state index is 0.175.